The van der Waals surface area contributed by atoms with Gasteiger partial charge in [0.05, 0.1) is 6.61 Å². The van der Waals surface area contributed by atoms with Crippen molar-refractivity contribution >= 4 is 0 Å². The van der Waals surface area contributed by atoms with E-state index in [-0.39, 0.29) is 5.54 Å². The Hall–Kier alpha value is -0.120. The molecular weight excluding hydrogens is 188 g/mol. The Morgan fingerprint density at radius 1 is 1.47 bits per heavy atom. The van der Waals surface area contributed by atoms with Gasteiger partial charge in [0.15, 0.2) is 0 Å². The second-order valence-corrected chi connectivity index (χ2v) is 4.86. The fourth-order valence-corrected chi connectivity index (χ4v) is 1.98. The summed E-state index contributed by atoms with van der Waals surface area (Å²) < 4.78 is 5.39. The SMILES string of the molecule is CCC(N)(CC)CNC(C)C1CCOC1. The van der Waals surface area contributed by atoms with E-state index in [0.717, 1.165) is 32.6 Å². The third-order valence-corrected chi connectivity index (χ3v) is 3.86. The van der Waals surface area contributed by atoms with Crippen molar-refractivity contribution in [1.82, 2.24) is 5.32 Å². The van der Waals surface area contributed by atoms with Crippen molar-refractivity contribution < 1.29 is 4.74 Å². The van der Waals surface area contributed by atoms with Gasteiger partial charge in [0.25, 0.3) is 0 Å². The summed E-state index contributed by atoms with van der Waals surface area (Å²) in [4.78, 5) is 0. The Morgan fingerprint density at radius 3 is 2.60 bits per heavy atom. The lowest BCUT2D eigenvalue weighted by Gasteiger charge is -2.30. The summed E-state index contributed by atoms with van der Waals surface area (Å²) >= 11 is 0. The standard InChI is InChI=1S/C12H26N2O/c1-4-12(13,5-2)9-14-10(3)11-6-7-15-8-11/h10-11,14H,4-9,13H2,1-3H3. The molecule has 1 saturated heterocycles. The molecule has 90 valence electrons. The molecule has 2 unspecified atom stereocenters. The molecule has 2 atom stereocenters. The van der Waals surface area contributed by atoms with Crippen LogP contribution in [0.2, 0.25) is 0 Å². The lowest BCUT2D eigenvalue weighted by atomic mass is 9.92. The molecule has 0 amide bonds. The molecule has 0 aromatic carbocycles. The van der Waals surface area contributed by atoms with Crippen LogP contribution in [0.5, 0.6) is 0 Å². The molecule has 3 N–H and O–H groups in total. The normalized spacial score (nSPS) is 24.4. The third-order valence-electron chi connectivity index (χ3n) is 3.86. The van der Waals surface area contributed by atoms with Crippen LogP contribution in [0.25, 0.3) is 0 Å². The summed E-state index contributed by atoms with van der Waals surface area (Å²) in [5, 5.41) is 3.56. The Balaban J connectivity index is 2.28. The minimum absolute atomic E-state index is 0.0340. The smallest absolute Gasteiger partial charge is 0.0509 e. The van der Waals surface area contributed by atoms with Crippen LogP contribution in [0.3, 0.4) is 0 Å². The zero-order valence-corrected chi connectivity index (χ0v) is 10.4. The van der Waals surface area contributed by atoms with Gasteiger partial charge in [-0.05, 0) is 32.1 Å². The molecule has 0 aromatic rings. The highest BCUT2D eigenvalue weighted by Gasteiger charge is 2.25. The van der Waals surface area contributed by atoms with E-state index in [1.807, 2.05) is 0 Å². The van der Waals surface area contributed by atoms with E-state index < -0.39 is 0 Å². The van der Waals surface area contributed by atoms with Gasteiger partial charge in [-0.15, -0.1) is 0 Å². The Kier molecular flexibility index (Phi) is 5.03. The summed E-state index contributed by atoms with van der Waals surface area (Å²) in [6.07, 6.45) is 3.25. The van der Waals surface area contributed by atoms with Crippen molar-refractivity contribution in [3.05, 3.63) is 0 Å². The number of nitrogens with two attached hydrogens (primary N) is 1. The third kappa shape index (κ3) is 3.74. The lowest BCUT2D eigenvalue weighted by Crippen LogP contribution is -2.51. The monoisotopic (exact) mass is 214 g/mol. The number of hydrogen-bond donors (Lipinski definition) is 2. The van der Waals surface area contributed by atoms with Crippen LogP contribution in [0.1, 0.15) is 40.0 Å². The molecule has 0 spiro atoms. The highest BCUT2D eigenvalue weighted by Crippen LogP contribution is 2.17. The van der Waals surface area contributed by atoms with Gasteiger partial charge in [0.2, 0.25) is 0 Å². The second kappa shape index (κ2) is 5.83. The lowest BCUT2D eigenvalue weighted by molar-refractivity contribution is 0.176. The number of hydrogen-bond acceptors (Lipinski definition) is 3. The first-order chi connectivity index (χ1) is 7.11. The molecule has 1 rings (SSSR count). The zero-order chi connectivity index (χ0) is 11.3. The van der Waals surface area contributed by atoms with Crippen LogP contribution in [-0.2, 0) is 4.74 Å². The first kappa shape index (κ1) is 12.9. The predicted octanol–water partition coefficient (Wildman–Crippen LogP) is 1.52. The van der Waals surface area contributed by atoms with Gasteiger partial charge >= 0.3 is 0 Å². The van der Waals surface area contributed by atoms with Gasteiger partial charge < -0.3 is 15.8 Å². The van der Waals surface area contributed by atoms with Crippen molar-refractivity contribution in [3.63, 3.8) is 0 Å². The van der Waals surface area contributed by atoms with E-state index >= 15 is 0 Å². The zero-order valence-electron chi connectivity index (χ0n) is 10.4. The average molecular weight is 214 g/mol. The van der Waals surface area contributed by atoms with Crippen molar-refractivity contribution in [2.75, 3.05) is 19.8 Å². The number of rotatable bonds is 6. The molecule has 1 heterocycles. The maximum atomic E-state index is 6.25. The van der Waals surface area contributed by atoms with Crippen molar-refractivity contribution in [2.45, 2.75) is 51.6 Å². The van der Waals surface area contributed by atoms with Crippen LogP contribution >= 0.6 is 0 Å². The molecule has 15 heavy (non-hydrogen) atoms. The molecule has 1 aliphatic heterocycles. The summed E-state index contributed by atoms with van der Waals surface area (Å²) in [6, 6.07) is 0.522. The molecule has 0 aromatic heterocycles. The topological polar surface area (TPSA) is 47.3 Å². The van der Waals surface area contributed by atoms with E-state index in [1.54, 1.807) is 0 Å². The van der Waals surface area contributed by atoms with Gasteiger partial charge in [-0.3, -0.25) is 0 Å². The van der Waals surface area contributed by atoms with Crippen LogP contribution < -0.4 is 11.1 Å². The van der Waals surface area contributed by atoms with Crippen LogP contribution in [0.15, 0.2) is 0 Å². The number of ether oxygens (including phenoxy) is 1. The summed E-state index contributed by atoms with van der Waals surface area (Å²) in [5.74, 6) is 0.669. The minimum Gasteiger partial charge on any atom is -0.381 e. The maximum Gasteiger partial charge on any atom is 0.0509 e. The Morgan fingerprint density at radius 2 is 2.13 bits per heavy atom. The fraction of sp³-hybridized carbons (Fsp3) is 1.00. The van der Waals surface area contributed by atoms with Crippen molar-refractivity contribution in [3.8, 4) is 0 Å². The van der Waals surface area contributed by atoms with Gasteiger partial charge in [-0.25, -0.2) is 0 Å². The fourth-order valence-electron chi connectivity index (χ4n) is 1.98. The molecular formula is C12H26N2O. The van der Waals surface area contributed by atoms with Gasteiger partial charge in [-0.1, -0.05) is 13.8 Å². The van der Waals surface area contributed by atoms with Crippen molar-refractivity contribution in [1.29, 1.82) is 0 Å². The van der Waals surface area contributed by atoms with Crippen LogP contribution in [0, 0.1) is 5.92 Å². The van der Waals surface area contributed by atoms with Crippen LogP contribution in [0.4, 0.5) is 0 Å². The molecule has 3 nitrogen and oxygen atoms in total. The minimum atomic E-state index is -0.0340. The van der Waals surface area contributed by atoms with Gasteiger partial charge in [-0.2, -0.15) is 0 Å². The maximum absolute atomic E-state index is 6.25. The summed E-state index contributed by atoms with van der Waals surface area (Å²) in [6.45, 7) is 9.31. The van der Waals surface area contributed by atoms with E-state index in [9.17, 15) is 0 Å². The van der Waals surface area contributed by atoms with E-state index in [4.69, 9.17) is 10.5 Å². The summed E-state index contributed by atoms with van der Waals surface area (Å²) in [7, 11) is 0. The predicted molar refractivity (Wildman–Crippen MR) is 63.9 cm³/mol. The Bertz CT molecular complexity index is 174. The van der Waals surface area contributed by atoms with Gasteiger partial charge in [0, 0.05) is 24.7 Å². The largest absolute Gasteiger partial charge is 0.381 e. The average Bonchev–Trinajstić information content (AvgIpc) is 2.79. The quantitative estimate of drug-likeness (QED) is 0.705. The molecule has 0 radical (unpaired) electrons. The molecule has 0 aliphatic carbocycles. The second-order valence-electron chi connectivity index (χ2n) is 4.86. The van der Waals surface area contributed by atoms with Gasteiger partial charge in [0.1, 0.15) is 0 Å². The van der Waals surface area contributed by atoms with E-state index in [1.165, 1.54) is 6.42 Å². The highest BCUT2D eigenvalue weighted by molar-refractivity contribution is 4.86. The van der Waals surface area contributed by atoms with E-state index in [0.29, 0.717) is 12.0 Å². The first-order valence-electron chi connectivity index (χ1n) is 6.21. The highest BCUT2D eigenvalue weighted by atomic mass is 16.5. The Labute approximate surface area is 93.8 Å². The van der Waals surface area contributed by atoms with Crippen LogP contribution in [-0.4, -0.2) is 31.3 Å². The molecule has 3 heteroatoms. The first-order valence-corrected chi connectivity index (χ1v) is 6.21. The number of nitrogens with one attached hydrogen (secondary N) is 1. The van der Waals surface area contributed by atoms with E-state index in [2.05, 4.69) is 26.1 Å². The molecule has 1 fully saturated rings. The van der Waals surface area contributed by atoms with Crippen molar-refractivity contribution in [2.24, 2.45) is 11.7 Å². The summed E-state index contributed by atoms with van der Waals surface area (Å²) in [5.41, 5.74) is 6.22. The molecule has 1 aliphatic rings. The molecule has 0 bridgehead atoms. The molecule has 0 saturated carbocycles.